The van der Waals surface area contributed by atoms with Crippen molar-refractivity contribution in [2.24, 2.45) is 0 Å². The van der Waals surface area contributed by atoms with Crippen LogP contribution in [-0.4, -0.2) is 30.3 Å². The fourth-order valence-electron chi connectivity index (χ4n) is 2.18. The lowest BCUT2D eigenvalue weighted by Crippen LogP contribution is -2.10. The van der Waals surface area contributed by atoms with Gasteiger partial charge in [0.1, 0.15) is 17.0 Å². The summed E-state index contributed by atoms with van der Waals surface area (Å²) in [6.45, 7) is 3.52. The zero-order valence-corrected chi connectivity index (χ0v) is 11.9. The Balaban J connectivity index is 2.78. The zero-order valence-electron chi connectivity index (χ0n) is 11.9. The van der Waals surface area contributed by atoms with Gasteiger partial charge in [-0.3, -0.25) is 4.79 Å². The van der Waals surface area contributed by atoms with Gasteiger partial charge in [0.2, 0.25) is 0 Å². The normalized spacial score (nSPS) is 12.2. The largest absolute Gasteiger partial charge is 0.496 e. The summed E-state index contributed by atoms with van der Waals surface area (Å²) in [6, 6.07) is 5.36. The number of ether oxygens (including phenoxy) is 2. The Kier molecular flexibility index (Phi) is 3.79. The molecule has 0 bridgehead atoms. The number of carboxylic acid groups (broad SMARTS) is 1. The Hall–Kier alpha value is -2.30. The van der Waals surface area contributed by atoms with Crippen LogP contribution < -0.4 is 9.47 Å². The molecular formula is C15H17NO4. The molecule has 0 radical (unpaired) electrons. The van der Waals surface area contributed by atoms with Crippen LogP contribution in [0.1, 0.15) is 24.1 Å². The minimum Gasteiger partial charge on any atom is -0.496 e. The predicted octanol–water partition coefficient (Wildman–Crippen LogP) is 2.75. The van der Waals surface area contributed by atoms with Crippen LogP contribution in [0.5, 0.6) is 11.5 Å². The number of benzene rings is 1. The minimum atomic E-state index is -0.905. The van der Waals surface area contributed by atoms with Gasteiger partial charge < -0.3 is 14.6 Å². The molecular weight excluding hydrogens is 258 g/mol. The summed E-state index contributed by atoms with van der Waals surface area (Å²) in [6.07, 6.45) is 0. The standard InChI is InChI=1S/C15H17NO4/c1-8-7-10(9(2)15(17)18)16-14-12(20-4)6-5-11(19-3)13(8)14/h5-7,9H,1-4H3,(H,17,18). The van der Waals surface area contributed by atoms with Gasteiger partial charge >= 0.3 is 5.97 Å². The summed E-state index contributed by atoms with van der Waals surface area (Å²) >= 11 is 0. The number of aromatic nitrogens is 1. The van der Waals surface area contributed by atoms with Crippen LogP contribution in [0, 0.1) is 6.92 Å². The number of pyridine rings is 1. The van der Waals surface area contributed by atoms with E-state index in [9.17, 15) is 4.79 Å². The molecule has 0 aliphatic carbocycles. The minimum absolute atomic E-state index is 0.508. The summed E-state index contributed by atoms with van der Waals surface area (Å²) in [5.41, 5.74) is 2.04. The number of carboxylic acids is 1. The number of aryl methyl sites for hydroxylation is 1. The van der Waals surface area contributed by atoms with Crippen molar-refractivity contribution in [2.45, 2.75) is 19.8 Å². The number of hydrogen-bond acceptors (Lipinski definition) is 4. The van der Waals surface area contributed by atoms with Gasteiger partial charge in [0.15, 0.2) is 0 Å². The second-order valence-electron chi connectivity index (χ2n) is 4.62. The maximum atomic E-state index is 11.1. The number of fused-ring (bicyclic) bond motifs is 1. The number of nitrogens with zero attached hydrogens (tertiary/aromatic N) is 1. The third-order valence-electron chi connectivity index (χ3n) is 3.36. The van der Waals surface area contributed by atoms with Crippen LogP contribution in [0.15, 0.2) is 18.2 Å². The lowest BCUT2D eigenvalue weighted by atomic mass is 10.0. The molecule has 1 N–H and O–H groups in total. The molecule has 1 unspecified atom stereocenters. The predicted molar refractivity (Wildman–Crippen MR) is 75.6 cm³/mol. The maximum Gasteiger partial charge on any atom is 0.312 e. The molecule has 20 heavy (non-hydrogen) atoms. The van der Waals surface area contributed by atoms with Gasteiger partial charge in [0.05, 0.1) is 25.8 Å². The van der Waals surface area contributed by atoms with E-state index in [1.807, 2.05) is 13.0 Å². The van der Waals surface area contributed by atoms with Crippen molar-refractivity contribution in [2.75, 3.05) is 14.2 Å². The highest BCUT2D eigenvalue weighted by Crippen LogP contribution is 2.35. The number of methoxy groups -OCH3 is 2. The molecule has 0 spiro atoms. The lowest BCUT2D eigenvalue weighted by molar-refractivity contribution is -0.138. The van der Waals surface area contributed by atoms with E-state index in [1.165, 1.54) is 0 Å². The van der Waals surface area contributed by atoms with E-state index in [2.05, 4.69) is 4.98 Å². The summed E-state index contributed by atoms with van der Waals surface area (Å²) in [4.78, 5) is 15.6. The SMILES string of the molecule is COc1ccc(OC)c2c(C)cc(C(C)C(=O)O)nc12. The molecule has 0 aliphatic heterocycles. The van der Waals surface area contributed by atoms with Crippen molar-refractivity contribution >= 4 is 16.9 Å². The molecule has 0 fully saturated rings. The highest BCUT2D eigenvalue weighted by Gasteiger charge is 2.19. The molecule has 0 aliphatic rings. The summed E-state index contributed by atoms with van der Waals surface area (Å²) in [5, 5.41) is 9.97. The molecule has 2 rings (SSSR count). The van der Waals surface area contributed by atoms with E-state index in [4.69, 9.17) is 14.6 Å². The van der Waals surface area contributed by atoms with E-state index < -0.39 is 11.9 Å². The van der Waals surface area contributed by atoms with Crippen molar-refractivity contribution in [3.8, 4) is 11.5 Å². The van der Waals surface area contributed by atoms with Gasteiger partial charge in [0.25, 0.3) is 0 Å². The first-order chi connectivity index (χ1) is 9.49. The number of carbonyl (C=O) groups is 1. The molecule has 1 aromatic carbocycles. The van der Waals surface area contributed by atoms with Crippen LogP contribution in [0.3, 0.4) is 0 Å². The first kappa shape index (κ1) is 14.1. The molecule has 1 atom stereocenters. The van der Waals surface area contributed by atoms with Crippen LogP contribution >= 0.6 is 0 Å². The molecule has 1 heterocycles. The zero-order chi connectivity index (χ0) is 14.9. The second-order valence-corrected chi connectivity index (χ2v) is 4.62. The highest BCUT2D eigenvalue weighted by molar-refractivity contribution is 5.93. The Labute approximate surface area is 117 Å². The summed E-state index contributed by atoms with van der Waals surface area (Å²) in [5.74, 6) is -0.282. The molecule has 5 heteroatoms. The van der Waals surface area contributed by atoms with Gasteiger partial charge in [-0.15, -0.1) is 0 Å². The Morgan fingerprint density at radius 2 is 1.85 bits per heavy atom. The summed E-state index contributed by atoms with van der Waals surface area (Å²) < 4.78 is 10.7. The van der Waals surface area contributed by atoms with Crippen molar-refractivity contribution < 1.29 is 19.4 Å². The van der Waals surface area contributed by atoms with Gasteiger partial charge in [-0.1, -0.05) is 0 Å². The van der Waals surface area contributed by atoms with Crippen LogP contribution in [0.25, 0.3) is 10.9 Å². The molecule has 0 saturated heterocycles. The Morgan fingerprint density at radius 3 is 2.40 bits per heavy atom. The first-order valence-electron chi connectivity index (χ1n) is 6.24. The van der Waals surface area contributed by atoms with Crippen molar-refractivity contribution in [3.63, 3.8) is 0 Å². The van der Waals surface area contributed by atoms with Crippen LogP contribution in [0.4, 0.5) is 0 Å². The third kappa shape index (κ3) is 2.27. The molecule has 5 nitrogen and oxygen atoms in total. The number of hydrogen-bond donors (Lipinski definition) is 1. The molecule has 106 valence electrons. The molecule has 1 aromatic heterocycles. The van der Waals surface area contributed by atoms with Crippen molar-refractivity contribution in [1.82, 2.24) is 4.98 Å². The van der Waals surface area contributed by atoms with Crippen LogP contribution in [0.2, 0.25) is 0 Å². The maximum absolute atomic E-state index is 11.1. The Morgan fingerprint density at radius 1 is 1.25 bits per heavy atom. The van der Waals surface area contributed by atoms with Gasteiger partial charge in [-0.05, 0) is 37.6 Å². The van der Waals surface area contributed by atoms with Gasteiger partial charge in [-0.2, -0.15) is 0 Å². The average molecular weight is 275 g/mol. The van der Waals surface area contributed by atoms with E-state index in [1.54, 1.807) is 33.3 Å². The monoisotopic (exact) mass is 275 g/mol. The second kappa shape index (κ2) is 5.36. The quantitative estimate of drug-likeness (QED) is 0.929. The topological polar surface area (TPSA) is 68.7 Å². The van der Waals surface area contributed by atoms with Crippen molar-refractivity contribution in [3.05, 3.63) is 29.5 Å². The third-order valence-corrected chi connectivity index (χ3v) is 3.36. The number of rotatable bonds is 4. The first-order valence-corrected chi connectivity index (χ1v) is 6.24. The Bertz CT molecular complexity index is 666. The van der Waals surface area contributed by atoms with E-state index in [0.29, 0.717) is 22.7 Å². The van der Waals surface area contributed by atoms with E-state index >= 15 is 0 Å². The highest BCUT2D eigenvalue weighted by atomic mass is 16.5. The van der Waals surface area contributed by atoms with Crippen molar-refractivity contribution in [1.29, 1.82) is 0 Å². The van der Waals surface area contributed by atoms with Crippen LogP contribution in [-0.2, 0) is 4.79 Å². The van der Waals surface area contributed by atoms with Gasteiger partial charge in [0, 0.05) is 5.39 Å². The fraction of sp³-hybridized carbons (Fsp3) is 0.333. The fourth-order valence-corrected chi connectivity index (χ4v) is 2.18. The summed E-state index contributed by atoms with van der Waals surface area (Å²) in [7, 11) is 3.15. The average Bonchev–Trinajstić information content (AvgIpc) is 2.44. The lowest BCUT2D eigenvalue weighted by Gasteiger charge is -2.14. The van der Waals surface area contributed by atoms with Gasteiger partial charge in [-0.25, -0.2) is 4.98 Å². The molecule has 2 aromatic rings. The smallest absolute Gasteiger partial charge is 0.312 e. The molecule has 0 amide bonds. The number of aliphatic carboxylic acids is 1. The van der Waals surface area contributed by atoms with E-state index in [-0.39, 0.29) is 0 Å². The molecule has 0 saturated carbocycles. The van der Waals surface area contributed by atoms with E-state index in [0.717, 1.165) is 10.9 Å².